The highest BCUT2D eigenvalue weighted by atomic mass is 32.2. The minimum atomic E-state index is -0.254. The lowest BCUT2D eigenvalue weighted by molar-refractivity contribution is -0.113. The summed E-state index contributed by atoms with van der Waals surface area (Å²) in [6.07, 6.45) is 0. The normalized spacial score (nSPS) is 11.1. The molecular weight excluding hydrogens is 408 g/mol. The van der Waals surface area contributed by atoms with Gasteiger partial charge in [0, 0.05) is 6.07 Å². The Kier molecular flexibility index (Phi) is 5.25. The van der Waals surface area contributed by atoms with Crippen molar-refractivity contribution in [1.29, 1.82) is 0 Å². The maximum atomic E-state index is 13.2. The van der Waals surface area contributed by atoms with Crippen LogP contribution in [0.25, 0.3) is 15.9 Å². The maximum Gasteiger partial charge on any atom is 0.276 e. The summed E-state index contributed by atoms with van der Waals surface area (Å²) in [6.45, 7) is 5.72. The third-order valence-electron chi connectivity index (χ3n) is 4.27. The van der Waals surface area contributed by atoms with Crippen LogP contribution in [-0.2, 0) is 4.79 Å². The van der Waals surface area contributed by atoms with E-state index in [1.54, 1.807) is 17.6 Å². The SMILES string of the molecule is Cc1ccc(-n2c(SCC(=O)Nc3cc(C)on3)nc3ccsc3c2=O)c(C)c1. The number of thioether (sulfide) groups is 1. The number of anilines is 1. The first-order valence-electron chi connectivity index (χ1n) is 8.86. The summed E-state index contributed by atoms with van der Waals surface area (Å²) < 4.78 is 7.14. The van der Waals surface area contributed by atoms with E-state index in [9.17, 15) is 9.59 Å². The van der Waals surface area contributed by atoms with Gasteiger partial charge in [0.05, 0.1) is 17.0 Å². The first-order chi connectivity index (χ1) is 13.9. The quantitative estimate of drug-likeness (QED) is 0.382. The third kappa shape index (κ3) is 3.96. The molecule has 0 saturated carbocycles. The average molecular weight is 427 g/mol. The second kappa shape index (κ2) is 7.84. The zero-order valence-electron chi connectivity index (χ0n) is 16.1. The second-order valence-corrected chi connectivity index (χ2v) is 8.48. The summed E-state index contributed by atoms with van der Waals surface area (Å²) in [7, 11) is 0. The van der Waals surface area contributed by atoms with Crippen LogP contribution in [0, 0.1) is 20.8 Å². The fraction of sp³-hybridized carbons (Fsp3) is 0.200. The minimum Gasteiger partial charge on any atom is -0.360 e. The number of benzene rings is 1. The van der Waals surface area contributed by atoms with Crippen LogP contribution in [0.3, 0.4) is 0 Å². The van der Waals surface area contributed by atoms with Crippen molar-refractivity contribution < 1.29 is 9.32 Å². The second-order valence-electron chi connectivity index (χ2n) is 6.62. The van der Waals surface area contributed by atoms with Crippen LogP contribution in [0.2, 0.25) is 0 Å². The number of fused-ring (bicyclic) bond motifs is 1. The largest absolute Gasteiger partial charge is 0.360 e. The first kappa shape index (κ1) is 19.4. The molecule has 7 nitrogen and oxygen atoms in total. The number of nitrogens with zero attached hydrogens (tertiary/aromatic N) is 3. The van der Waals surface area contributed by atoms with Gasteiger partial charge >= 0.3 is 0 Å². The van der Waals surface area contributed by atoms with Gasteiger partial charge in [0.2, 0.25) is 5.91 Å². The summed E-state index contributed by atoms with van der Waals surface area (Å²) >= 11 is 2.57. The fourth-order valence-electron chi connectivity index (χ4n) is 2.99. The summed E-state index contributed by atoms with van der Waals surface area (Å²) in [5, 5.41) is 8.76. The molecule has 0 aliphatic heterocycles. The molecule has 0 aliphatic carbocycles. The molecule has 1 N–H and O–H groups in total. The molecular formula is C20H18N4O3S2. The number of aromatic nitrogens is 3. The molecule has 0 saturated heterocycles. The van der Waals surface area contributed by atoms with Crippen LogP contribution < -0.4 is 10.9 Å². The van der Waals surface area contributed by atoms with Crippen molar-refractivity contribution in [3.8, 4) is 5.69 Å². The highest BCUT2D eigenvalue weighted by Crippen LogP contribution is 2.25. The van der Waals surface area contributed by atoms with Crippen LogP contribution in [0.5, 0.6) is 0 Å². The lowest BCUT2D eigenvalue weighted by Crippen LogP contribution is -2.23. The van der Waals surface area contributed by atoms with Gasteiger partial charge in [-0.2, -0.15) is 0 Å². The van der Waals surface area contributed by atoms with E-state index in [1.165, 1.54) is 23.1 Å². The average Bonchev–Trinajstić information content (AvgIpc) is 3.30. The molecule has 29 heavy (non-hydrogen) atoms. The summed E-state index contributed by atoms with van der Waals surface area (Å²) in [5.74, 6) is 0.802. The Morgan fingerprint density at radius 1 is 1.24 bits per heavy atom. The lowest BCUT2D eigenvalue weighted by atomic mass is 10.1. The maximum absolute atomic E-state index is 13.2. The zero-order chi connectivity index (χ0) is 20.5. The molecule has 9 heteroatoms. The van der Waals surface area contributed by atoms with Gasteiger partial charge in [0.25, 0.3) is 5.56 Å². The Balaban J connectivity index is 1.69. The number of rotatable bonds is 5. The van der Waals surface area contributed by atoms with E-state index in [-0.39, 0.29) is 17.2 Å². The molecule has 3 heterocycles. The minimum absolute atomic E-state index is 0.0822. The number of hydrogen-bond donors (Lipinski definition) is 1. The van der Waals surface area contributed by atoms with Crippen LogP contribution in [-0.4, -0.2) is 26.4 Å². The first-order valence-corrected chi connectivity index (χ1v) is 10.7. The van der Waals surface area contributed by atoms with E-state index in [0.717, 1.165) is 16.8 Å². The van der Waals surface area contributed by atoms with Gasteiger partial charge < -0.3 is 9.84 Å². The predicted octanol–water partition coefficient (Wildman–Crippen LogP) is 4.09. The highest BCUT2D eigenvalue weighted by molar-refractivity contribution is 7.99. The Bertz CT molecular complexity index is 1270. The standard InChI is InChI=1S/C20H18N4O3S2/c1-11-4-5-15(12(2)8-11)24-19(26)18-14(6-7-28-18)21-20(24)29-10-17(25)22-16-9-13(3)27-23-16/h4-9H,10H2,1-3H3,(H,22,23,25). The number of carbonyl (C=O) groups is 1. The van der Waals surface area contributed by atoms with Gasteiger partial charge in [-0.05, 0) is 43.8 Å². The monoisotopic (exact) mass is 426 g/mol. The van der Waals surface area contributed by atoms with Crippen LogP contribution in [0.1, 0.15) is 16.9 Å². The zero-order valence-corrected chi connectivity index (χ0v) is 17.7. The summed E-state index contributed by atoms with van der Waals surface area (Å²) in [6, 6.07) is 9.35. The molecule has 1 aromatic carbocycles. The molecule has 148 valence electrons. The van der Waals surface area contributed by atoms with Gasteiger partial charge in [-0.3, -0.25) is 14.2 Å². The number of nitrogens with one attached hydrogen (secondary N) is 1. The van der Waals surface area contributed by atoms with E-state index in [0.29, 0.717) is 27.0 Å². The van der Waals surface area contributed by atoms with Gasteiger partial charge in [-0.1, -0.05) is 34.6 Å². The van der Waals surface area contributed by atoms with Gasteiger partial charge in [0.1, 0.15) is 10.5 Å². The molecule has 4 rings (SSSR count). The van der Waals surface area contributed by atoms with E-state index in [1.807, 2.05) is 43.5 Å². The molecule has 0 atom stereocenters. The number of hydrogen-bond acceptors (Lipinski definition) is 7. The highest BCUT2D eigenvalue weighted by Gasteiger charge is 2.17. The molecule has 3 aromatic heterocycles. The summed E-state index contributed by atoms with van der Waals surface area (Å²) in [5.41, 5.74) is 3.34. The van der Waals surface area contributed by atoms with Crippen molar-refractivity contribution >= 4 is 45.0 Å². The fourth-order valence-corrected chi connectivity index (χ4v) is 4.56. The van der Waals surface area contributed by atoms with Crippen molar-refractivity contribution in [3.05, 3.63) is 63.0 Å². The van der Waals surface area contributed by atoms with Crippen molar-refractivity contribution in [2.24, 2.45) is 0 Å². The Morgan fingerprint density at radius 3 is 2.79 bits per heavy atom. The van der Waals surface area contributed by atoms with Crippen LogP contribution >= 0.6 is 23.1 Å². The number of thiophene rings is 1. The molecule has 0 radical (unpaired) electrons. The smallest absolute Gasteiger partial charge is 0.276 e. The van der Waals surface area contributed by atoms with Crippen molar-refractivity contribution in [2.75, 3.05) is 11.1 Å². The molecule has 1 amide bonds. The third-order valence-corrected chi connectivity index (χ3v) is 6.10. The predicted molar refractivity (Wildman–Crippen MR) is 115 cm³/mol. The number of amides is 1. The molecule has 4 aromatic rings. The lowest BCUT2D eigenvalue weighted by Gasteiger charge is -2.14. The number of carbonyl (C=O) groups excluding carboxylic acids is 1. The van der Waals surface area contributed by atoms with Crippen molar-refractivity contribution in [3.63, 3.8) is 0 Å². The van der Waals surface area contributed by atoms with Crippen molar-refractivity contribution in [1.82, 2.24) is 14.7 Å². The molecule has 0 unspecified atom stereocenters. The Morgan fingerprint density at radius 2 is 2.07 bits per heavy atom. The molecule has 0 spiro atoms. The Labute approximate surface area is 174 Å². The molecule has 0 bridgehead atoms. The Hall–Kier alpha value is -2.91. The topological polar surface area (TPSA) is 90.0 Å². The van der Waals surface area contributed by atoms with Gasteiger partial charge in [-0.25, -0.2) is 4.98 Å². The summed E-state index contributed by atoms with van der Waals surface area (Å²) in [4.78, 5) is 30.2. The van der Waals surface area contributed by atoms with Gasteiger partial charge in [-0.15, -0.1) is 11.3 Å². The molecule has 0 aliphatic rings. The van der Waals surface area contributed by atoms with Gasteiger partial charge in [0.15, 0.2) is 11.0 Å². The van der Waals surface area contributed by atoms with Crippen LogP contribution in [0.4, 0.5) is 5.82 Å². The van der Waals surface area contributed by atoms with E-state index < -0.39 is 0 Å². The van der Waals surface area contributed by atoms with E-state index >= 15 is 0 Å². The van der Waals surface area contributed by atoms with E-state index in [4.69, 9.17) is 4.52 Å². The van der Waals surface area contributed by atoms with Crippen molar-refractivity contribution in [2.45, 2.75) is 25.9 Å². The molecule has 0 fully saturated rings. The number of aryl methyl sites for hydroxylation is 3. The van der Waals surface area contributed by atoms with E-state index in [2.05, 4.69) is 15.5 Å². The van der Waals surface area contributed by atoms with Crippen LogP contribution in [0.15, 0.2) is 50.2 Å².